The molecular formula is C10H20N4. The zero-order valence-corrected chi connectivity index (χ0v) is 8.79. The number of nitrogens with one attached hydrogen (secondary N) is 2. The molecule has 80 valence electrons. The van der Waals surface area contributed by atoms with E-state index in [4.69, 9.17) is 5.84 Å². The first-order chi connectivity index (χ1) is 6.83. The lowest BCUT2D eigenvalue weighted by molar-refractivity contribution is 0.331. The molecule has 2 rings (SSSR count). The lowest BCUT2D eigenvalue weighted by Gasteiger charge is -2.22. The highest BCUT2D eigenvalue weighted by molar-refractivity contribution is 5.78. The van der Waals surface area contributed by atoms with Gasteiger partial charge in [-0.05, 0) is 37.0 Å². The van der Waals surface area contributed by atoms with Crippen molar-refractivity contribution in [2.45, 2.75) is 25.7 Å². The summed E-state index contributed by atoms with van der Waals surface area (Å²) in [5.41, 5.74) is 2.56. The van der Waals surface area contributed by atoms with Crippen LogP contribution < -0.4 is 16.6 Å². The number of hydrazine groups is 1. The molecular weight excluding hydrogens is 176 g/mol. The third-order valence-electron chi connectivity index (χ3n) is 3.78. The van der Waals surface area contributed by atoms with E-state index in [9.17, 15) is 0 Å². The van der Waals surface area contributed by atoms with Gasteiger partial charge in [-0.15, -0.1) is 0 Å². The van der Waals surface area contributed by atoms with E-state index in [0.717, 1.165) is 24.3 Å². The van der Waals surface area contributed by atoms with Gasteiger partial charge in [-0.1, -0.05) is 6.42 Å². The molecule has 0 amide bonds. The Balaban J connectivity index is 1.76. The number of fused-ring (bicyclic) bond motifs is 2. The quantitative estimate of drug-likeness (QED) is 0.260. The highest BCUT2D eigenvalue weighted by Crippen LogP contribution is 2.47. The van der Waals surface area contributed by atoms with Crippen LogP contribution >= 0.6 is 0 Å². The van der Waals surface area contributed by atoms with Crippen LogP contribution in [0.15, 0.2) is 4.99 Å². The van der Waals surface area contributed by atoms with Gasteiger partial charge in [-0.3, -0.25) is 10.4 Å². The van der Waals surface area contributed by atoms with E-state index < -0.39 is 0 Å². The lowest BCUT2D eigenvalue weighted by atomic mass is 9.89. The van der Waals surface area contributed by atoms with Crippen LogP contribution in [0.4, 0.5) is 0 Å². The van der Waals surface area contributed by atoms with Gasteiger partial charge in [0.05, 0.1) is 0 Å². The fraction of sp³-hybridized carbons (Fsp3) is 0.900. The summed E-state index contributed by atoms with van der Waals surface area (Å²) in [5, 5.41) is 3.26. The first-order valence-corrected chi connectivity index (χ1v) is 5.50. The number of guanidine groups is 1. The smallest absolute Gasteiger partial charge is 0.205 e. The highest BCUT2D eigenvalue weighted by Gasteiger charge is 2.39. The molecule has 0 aromatic heterocycles. The highest BCUT2D eigenvalue weighted by atomic mass is 15.3. The third-order valence-corrected chi connectivity index (χ3v) is 3.78. The van der Waals surface area contributed by atoms with E-state index in [1.165, 1.54) is 25.7 Å². The van der Waals surface area contributed by atoms with Crippen molar-refractivity contribution in [3.63, 3.8) is 0 Å². The zero-order valence-electron chi connectivity index (χ0n) is 8.79. The molecule has 2 saturated carbocycles. The van der Waals surface area contributed by atoms with Gasteiger partial charge < -0.3 is 5.32 Å². The molecule has 0 spiro atoms. The van der Waals surface area contributed by atoms with Gasteiger partial charge in [-0.2, -0.15) is 0 Å². The molecule has 4 heteroatoms. The fourth-order valence-corrected chi connectivity index (χ4v) is 3.05. The van der Waals surface area contributed by atoms with Crippen LogP contribution in [0.3, 0.4) is 0 Å². The molecule has 2 aliphatic carbocycles. The van der Waals surface area contributed by atoms with Crippen molar-refractivity contribution < 1.29 is 0 Å². The number of hydrogen-bond donors (Lipinski definition) is 3. The van der Waals surface area contributed by atoms with E-state index in [-0.39, 0.29) is 0 Å². The number of nitrogens with zero attached hydrogens (tertiary/aromatic N) is 1. The molecule has 0 aliphatic heterocycles. The first-order valence-electron chi connectivity index (χ1n) is 5.50. The van der Waals surface area contributed by atoms with Crippen molar-refractivity contribution >= 4 is 5.96 Å². The van der Waals surface area contributed by atoms with Crippen molar-refractivity contribution in [1.82, 2.24) is 10.7 Å². The van der Waals surface area contributed by atoms with E-state index in [2.05, 4.69) is 15.7 Å². The van der Waals surface area contributed by atoms with Crippen LogP contribution in [0.1, 0.15) is 25.7 Å². The van der Waals surface area contributed by atoms with E-state index in [1.54, 1.807) is 7.05 Å². The Kier molecular flexibility index (Phi) is 2.91. The number of hydrogen-bond acceptors (Lipinski definition) is 2. The predicted molar refractivity (Wildman–Crippen MR) is 57.6 cm³/mol. The van der Waals surface area contributed by atoms with Crippen molar-refractivity contribution in [3.05, 3.63) is 0 Å². The zero-order chi connectivity index (χ0) is 9.97. The molecule has 0 saturated heterocycles. The van der Waals surface area contributed by atoms with Crippen LogP contribution in [0.25, 0.3) is 0 Å². The van der Waals surface area contributed by atoms with Gasteiger partial charge in [0.1, 0.15) is 0 Å². The van der Waals surface area contributed by atoms with Crippen LogP contribution in [0.2, 0.25) is 0 Å². The summed E-state index contributed by atoms with van der Waals surface area (Å²) in [5.74, 6) is 8.82. The molecule has 0 aromatic rings. The Bertz CT molecular complexity index is 226. The van der Waals surface area contributed by atoms with Crippen LogP contribution in [0.5, 0.6) is 0 Å². The molecule has 14 heavy (non-hydrogen) atoms. The molecule has 2 aliphatic rings. The Morgan fingerprint density at radius 1 is 1.43 bits per heavy atom. The topological polar surface area (TPSA) is 62.4 Å². The SMILES string of the molecule is CN=C(NN)NCC1CC2CCC1C2. The van der Waals surface area contributed by atoms with Gasteiger partial charge >= 0.3 is 0 Å². The minimum Gasteiger partial charge on any atom is -0.355 e. The van der Waals surface area contributed by atoms with Crippen molar-refractivity contribution in [2.75, 3.05) is 13.6 Å². The number of aliphatic imine (C=N–C) groups is 1. The third kappa shape index (κ3) is 1.85. The van der Waals surface area contributed by atoms with E-state index in [1.807, 2.05) is 0 Å². The second kappa shape index (κ2) is 4.17. The Morgan fingerprint density at radius 3 is 2.79 bits per heavy atom. The van der Waals surface area contributed by atoms with Gasteiger partial charge in [0.2, 0.25) is 5.96 Å². The maximum Gasteiger partial charge on any atom is 0.205 e. The summed E-state index contributed by atoms with van der Waals surface area (Å²) in [6.45, 7) is 1.03. The largest absolute Gasteiger partial charge is 0.355 e. The minimum atomic E-state index is 0.702. The predicted octanol–water partition coefficient (Wildman–Crippen LogP) is 0.461. The van der Waals surface area contributed by atoms with Crippen LogP contribution in [-0.2, 0) is 0 Å². The van der Waals surface area contributed by atoms with Gasteiger partial charge in [0.15, 0.2) is 0 Å². The summed E-state index contributed by atoms with van der Waals surface area (Å²) >= 11 is 0. The van der Waals surface area contributed by atoms with Crippen molar-refractivity contribution in [3.8, 4) is 0 Å². The van der Waals surface area contributed by atoms with Gasteiger partial charge in [0.25, 0.3) is 0 Å². The van der Waals surface area contributed by atoms with Crippen LogP contribution in [0, 0.1) is 17.8 Å². The molecule has 0 heterocycles. The minimum absolute atomic E-state index is 0.702. The molecule has 3 atom stereocenters. The monoisotopic (exact) mass is 196 g/mol. The van der Waals surface area contributed by atoms with Crippen LogP contribution in [-0.4, -0.2) is 19.6 Å². The molecule has 0 radical (unpaired) electrons. The Hall–Kier alpha value is -0.770. The Labute approximate surface area is 85.3 Å². The molecule has 0 aromatic carbocycles. The molecule has 4 nitrogen and oxygen atoms in total. The maximum atomic E-state index is 5.30. The summed E-state index contributed by atoms with van der Waals surface area (Å²) in [6.07, 6.45) is 5.76. The second-order valence-corrected chi connectivity index (χ2v) is 4.53. The number of rotatable bonds is 2. The second-order valence-electron chi connectivity index (χ2n) is 4.53. The molecule has 2 bridgehead atoms. The van der Waals surface area contributed by atoms with E-state index >= 15 is 0 Å². The Morgan fingerprint density at radius 2 is 2.29 bits per heavy atom. The maximum absolute atomic E-state index is 5.30. The standard InChI is InChI=1S/C10H20N4/c1-12-10(14-11)13-6-9-5-7-2-3-8(9)4-7/h7-9H,2-6,11H2,1H3,(H2,12,13,14). The molecule has 3 unspecified atom stereocenters. The summed E-state index contributed by atoms with van der Waals surface area (Å²) in [4.78, 5) is 4.00. The van der Waals surface area contributed by atoms with Crippen molar-refractivity contribution in [1.29, 1.82) is 0 Å². The average Bonchev–Trinajstić information content (AvgIpc) is 2.80. The first kappa shape index (κ1) is 9.77. The van der Waals surface area contributed by atoms with Gasteiger partial charge in [-0.25, -0.2) is 5.84 Å². The fourth-order valence-electron chi connectivity index (χ4n) is 3.05. The molecule has 4 N–H and O–H groups in total. The number of nitrogens with two attached hydrogens (primary N) is 1. The summed E-state index contributed by atoms with van der Waals surface area (Å²) in [6, 6.07) is 0. The summed E-state index contributed by atoms with van der Waals surface area (Å²) in [7, 11) is 1.74. The molecule has 2 fully saturated rings. The van der Waals surface area contributed by atoms with Crippen molar-refractivity contribution in [2.24, 2.45) is 28.6 Å². The van der Waals surface area contributed by atoms with Gasteiger partial charge in [0, 0.05) is 13.6 Å². The average molecular weight is 196 g/mol. The van der Waals surface area contributed by atoms with E-state index in [0.29, 0.717) is 5.96 Å². The summed E-state index contributed by atoms with van der Waals surface area (Å²) < 4.78 is 0. The normalized spacial score (nSPS) is 36.1. The lowest BCUT2D eigenvalue weighted by Crippen LogP contribution is -2.43.